The van der Waals surface area contributed by atoms with Gasteiger partial charge in [-0.1, -0.05) is 62.4 Å². The molecule has 1 aliphatic carbocycles. The van der Waals surface area contributed by atoms with Gasteiger partial charge in [-0.25, -0.2) is 4.79 Å². The quantitative estimate of drug-likeness (QED) is 0.509. The molecule has 3 rings (SSSR count). The first kappa shape index (κ1) is 24.3. The lowest BCUT2D eigenvalue weighted by Crippen LogP contribution is -2.51. The Morgan fingerprint density at radius 3 is 2.09 bits per heavy atom. The molecular weight excluding hydrogens is 424 g/mol. The Hall–Kier alpha value is -3.39. The van der Waals surface area contributed by atoms with Crippen molar-refractivity contribution in [2.24, 2.45) is 11.8 Å². The molecule has 1 aliphatic rings. The summed E-state index contributed by atoms with van der Waals surface area (Å²) >= 11 is 0. The van der Waals surface area contributed by atoms with Crippen LogP contribution >= 0.6 is 0 Å². The van der Waals surface area contributed by atoms with E-state index in [9.17, 15) is 19.5 Å². The van der Waals surface area contributed by atoms with E-state index in [-0.39, 0.29) is 31.6 Å². The van der Waals surface area contributed by atoms with E-state index in [0.29, 0.717) is 0 Å². The van der Waals surface area contributed by atoms with Crippen molar-refractivity contribution >= 4 is 18.0 Å². The number of alkyl carbamates (subject to hydrolysis) is 1. The minimum absolute atomic E-state index is 0.0432. The molecule has 2 aromatic carbocycles. The Bertz CT molecular complexity index is 960. The van der Waals surface area contributed by atoms with Crippen LogP contribution in [0.2, 0.25) is 0 Å². The predicted octanol–water partition coefficient (Wildman–Crippen LogP) is 3.01. The maximum atomic E-state index is 12.6. The van der Waals surface area contributed by atoms with E-state index in [1.54, 1.807) is 13.8 Å². The zero-order chi connectivity index (χ0) is 24.0. The molecule has 0 fully saturated rings. The van der Waals surface area contributed by atoms with Crippen molar-refractivity contribution in [2.75, 3.05) is 26.9 Å². The maximum Gasteiger partial charge on any atom is 0.407 e. The highest BCUT2D eigenvalue weighted by molar-refractivity contribution is 5.86. The molecular formula is C25H30N2O6. The van der Waals surface area contributed by atoms with E-state index < -0.39 is 29.9 Å². The highest BCUT2D eigenvalue weighted by Crippen LogP contribution is 2.44. The number of hydrogen-bond acceptors (Lipinski definition) is 5. The Morgan fingerprint density at radius 2 is 1.58 bits per heavy atom. The van der Waals surface area contributed by atoms with Gasteiger partial charge in [-0.3, -0.25) is 9.59 Å². The molecule has 0 saturated heterocycles. The van der Waals surface area contributed by atoms with Crippen molar-refractivity contribution in [2.45, 2.75) is 25.8 Å². The van der Waals surface area contributed by atoms with Gasteiger partial charge in [-0.05, 0) is 28.2 Å². The minimum atomic E-state index is -1.01. The highest BCUT2D eigenvalue weighted by atomic mass is 16.5. The summed E-state index contributed by atoms with van der Waals surface area (Å²) in [4.78, 5) is 36.4. The van der Waals surface area contributed by atoms with Crippen LogP contribution in [0.15, 0.2) is 48.5 Å². The smallest absolute Gasteiger partial charge is 0.407 e. The summed E-state index contributed by atoms with van der Waals surface area (Å²) in [6, 6.07) is 15.0. The molecule has 0 bridgehead atoms. The normalized spacial score (nSPS) is 14.2. The van der Waals surface area contributed by atoms with E-state index in [1.165, 1.54) is 7.11 Å². The SMILES string of the molecule is COCC(NC(=O)OCC1c2ccccc2-c2ccccc21)C(=O)NCC(C(=O)O)C(C)C. The number of amides is 2. The van der Waals surface area contributed by atoms with Crippen molar-refractivity contribution in [3.05, 3.63) is 59.7 Å². The average molecular weight is 455 g/mol. The standard InChI is InChI=1S/C25H30N2O6/c1-15(2)20(24(29)30)12-26-23(28)22(14-32-3)27-25(31)33-13-21-18-10-6-4-8-16(18)17-9-5-7-11-19(17)21/h4-11,15,20-22H,12-14H2,1-3H3,(H,26,28)(H,27,31)(H,29,30). The molecule has 2 atom stereocenters. The number of ether oxygens (including phenoxy) is 2. The zero-order valence-corrected chi connectivity index (χ0v) is 19.0. The van der Waals surface area contributed by atoms with E-state index in [0.717, 1.165) is 22.3 Å². The highest BCUT2D eigenvalue weighted by Gasteiger charge is 2.30. The summed E-state index contributed by atoms with van der Waals surface area (Å²) in [7, 11) is 1.41. The summed E-state index contributed by atoms with van der Waals surface area (Å²) < 4.78 is 10.5. The Morgan fingerprint density at radius 1 is 1.00 bits per heavy atom. The summed E-state index contributed by atoms with van der Waals surface area (Å²) in [6.07, 6.45) is -0.743. The molecule has 2 unspecified atom stereocenters. The van der Waals surface area contributed by atoms with Gasteiger partial charge >= 0.3 is 12.1 Å². The van der Waals surface area contributed by atoms with E-state index >= 15 is 0 Å². The van der Waals surface area contributed by atoms with Crippen molar-refractivity contribution in [3.63, 3.8) is 0 Å². The lowest BCUT2D eigenvalue weighted by molar-refractivity contribution is -0.143. The number of benzene rings is 2. The van der Waals surface area contributed by atoms with Gasteiger partial charge in [0.25, 0.3) is 0 Å². The monoisotopic (exact) mass is 454 g/mol. The van der Waals surface area contributed by atoms with Gasteiger partial charge in [0.05, 0.1) is 12.5 Å². The number of hydrogen-bond donors (Lipinski definition) is 3. The number of aliphatic carboxylic acids is 1. The molecule has 8 nitrogen and oxygen atoms in total. The van der Waals surface area contributed by atoms with Crippen molar-refractivity contribution in [1.29, 1.82) is 0 Å². The van der Waals surface area contributed by atoms with Crippen LogP contribution in [0.1, 0.15) is 30.9 Å². The van der Waals surface area contributed by atoms with Crippen LogP contribution in [-0.2, 0) is 19.1 Å². The Kier molecular flexibility index (Phi) is 8.06. The molecule has 3 N–H and O–H groups in total. The van der Waals surface area contributed by atoms with Gasteiger partial charge < -0.3 is 25.2 Å². The zero-order valence-electron chi connectivity index (χ0n) is 19.0. The molecule has 0 heterocycles. The molecule has 0 aromatic heterocycles. The van der Waals surface area contributed by atoms with Gasteiger partial charge in [0.1, 0.15) is 12.6 Å². The number of fused-ring (bicyclic) bond motifs is 3. The van der Waals surface area contributed by atoms with E-state index in [2.05, 4.69) is 22.8 Å². The number of carboxylic acid groups (broad SMARTS) is 1. The first-order chi connectivity index (χ1) is 15.8. The van der Waals surface area contributed by atoms with Crippen LogP contribution in [-0.4, -0.2) is 56.0 Å². The summed E-state index contributed by atoms with van der Waals surface area (Å²) in [5, 5.41) is 14.4. The third-order valence-corrected chi connectivity index (χ3v) is 5.90. The molecule has 0 aliphatic heterocycles. The molecule has 2 aromatic rings. The Labute approximate surface area is 193 Å². The van der Waals surface area contributed by atoms with Crippen LogP contribution in [0.25, 0.3) is 11.1 Å². The van der Waals surface area contributed by atoms with Crippen molar-refractivity contribution in [1.82, 2.24) is 10.6 Å². The van der Waals surface area contributed by atoms with Crippen LogP contribution in [0.5, 0.6) is 0 Å². The van der Waals surface area contributed by atoms with Crippen LogP contribution in [0.3, 0.4) is 0 Å². The number of carboxylic acids is 1. The predicted molar refractivity (Wildman–Crippen MR) is 123 cm³/mol. The number of carbonyl (C=O) groups excluding carboxylic acids is 2. The second kappa shape index (κ2) is 11.0. The second-order valence-corrected chi connectivity index (χ2v) is 8.41. The van der Waals surface area contributed by atoms with Crippen LogP contribution in [0.4, 0.5) is 4.79 Å². The second-order valence-electron chi connectivity index (χ2n) is 8.41. The van der Waals surface area contributed by atoms with Crippen LogP contribution in [0, 0.1) is 11.8 Å². The van der Waals surface area contributed by atoms with Gasteiger partial charge in [0.15, 0.2) is 0 Å². The fourth-order valence-corrected chi connectivity index (χ4v) is 4.07. The fraction of sp³-hybridized carbons (Fsp3) is 0.400. The van der Waals surface area contributed by atoms with Crippen molar-refractivity contribution < 1.29 is 29.0 Å². The van der Waals surface area contributed by atoms with E-state index in [4.69, 9.17) is 9.47 Å². The van der Waals surface area contributed by atoms with E-state index in [1.807, 2.05) is 36.4 Å². The Balaban J connectivity index is 1.60. The lowest BCUT2D eigenvalue weighted by atomic mass is 9.96. The van der Waals surface area contributed by atoms with Gasteiger partial charge in [0.2, 0.25) is 5.91 Å². The first-order valence-corrected chi connectivity index (χ1v) is 10.9. The molecule has 33 heavy (non-hydrogen) atoms. The lowest BCUT2D eigenvalue weighted by Gasteiger charge is -2.21. The minimum Gasteiger partial charge on any atom is -0.481 e. The third kappa shape index (κ3) is 5.70. The van der Waals surface area contributed by atoms with Gasteiger partial charge in [0, 0.05) is 19.6 Å². The van der Waals surface area contributed by atoms with Gasteiger partial charge in [-0.15, -0.1) is 0 Å². The molecule has 2 amide bonds. The van der Waals surface area contributed by atoms with Crippen LogP contribution < -0.4 is 10.6 Å². The number of carbonyl (C=O) groups is 3. The number of rotatable bonds is 10. The maximum absolute atomic E-state index is 12.6. The molecule has 176 valence electrons. The first-order valence-electron chi connectivity index (χ1n) is 10.9. The van der Waals surface area contributed by atoms with Crippen molar-refractivity contribution in [3.8, 4) is 11.1 Å². The molecule has 8 heteroatoms. The largest absolute Gasteiger partial charge is 0.481 e. The van der Waals surface area contributed by atoms with Gasteiger partial charge in [-0.2, -0.15) is 0 Å². The topological polar surface area (TPSA) is 114 Å². The summed E-state index contributed by atoms with van der Waals surface area (Å²) in [6.45, 7) is 3.54. The fourth-order valence-electron chi connectivity index (χ4n) is 4.07. The third-order valence-electron chi connectivity index (χ3n) is 5.90. The molecule has 0 spiro atoms. The summed E-state index contributed by atoms with van der Waals surface area (Å²) in [5.74, 6) is -2.50. The summed E-state index contributed by atoms with van der Waals surface area (Å²) in [5.41, 5.74) is 4.42. The molecule has 0 radical (unpaired) electrons. The number of methoxy groups -OCH3 is 1. The average Bonchev–Trinajstić information content (AvgIpc) is 3.10. The number of nitrogens with one attached hydrogen (secondary N) is 2. The molecule has 0 saturated carbocycles.